The Hall–Kier alpha value is -3.10. The number of rotatable bonds is 3. The van der Waals surface area contributed by atoms with E-state index in [1.807, 2.05) is 32.0 Å². The molecule has 4 heterocycles. The summed E-state index contributed by atoms with van der Waals surface area (Å²) in [7, 11) is 0. The zero-order valence-corrected chi connectivity index (χ0v) is 21.8. The van der Waals surface area contributed by atoms with Gasteiger partial charge in [-0.2, -0.15) is 0 Å². The number of pyridine rings is 1. The van der Waals surface area contributed by atoms with Crippen LogP contribution in [0.3, 0.4) is 0 Å². The van der Waals surface area contributed by atoms with E-state index in [4.69, 9.17) is 4.98 Å². The molecule has 0 saturated carbocycles. The Morgan fingerprint density at radius 2 is 1.86 bits per heavy atom. The molecule has 2 aromatic heterocycles. The smallest absolute Gasteiger partial charge is 0.131 e. The first kappa shape index (κ1) is 23.6. The quantitative estimate of drug-likeness (QED) is 0.529. The molecule has 182 valence electrons. The lowest BCUT2D eigenvalue weighted by Crippen LogP contribution is -2.55. The average molecular weight is 489 g/mol. The lowest BCUT2D eigenvalue weighted by atomic mass is 10.0. The molecule has 0 radical (unpaired) electrons. The number of benzene rings is 1. The number of phenols is 1. The van der Waals surface area contributed by atoms with Gasteiger partial charge in [-0.25, -0.2) is 4.98 Å². The number of piperazine rings is 1. The number of aryl methyl sites for hydroxylation is 2. The maximum atomic E-state index is 11.0. The number of nitrogens with one attached hydrogen (secondary N) is 1. The van der Waals surface area contributed by atoms with Crippen LogP contribution in [0, 0.1) is 13.8 Å². The Morgan fingerprint density at radius 3 is 2.57 bits per heavy atom. The third-order valence-corrected chi connectivity index (χ3v) is 7.80. The van der Waals surface area contributed by atoms with Gasteiger partial charge in [-0.3, -0.25) is 4.98 Å². The van der Waals surface area contributed by atoms with E-state index in [1.165, 1.54) is 5.57 Å². The molecule has 0 bridgehead atoms. The van der Waals surface area contributed by atoms with Crippen molar-refractivity contribution in [2.75, 3.05) is 13.1 Å². The summed E-state index contributed by atoms with van der Waals surface area (Å²) in [4.78, 5) is 11.7. The molecule has 2 N–H and O–H groups in total. The van der Waals surface area contributed by atoms with Crippen LogP contribution in [0.1, 0.15) is 50.6 Å². The molecule has 2 aliphatic rings. The summed E-state index contributed by atoms with van der Waals surface area (Å²) >= 11 is 1.60. The molecular formula is C27H32N6OS. The van der Waals surface area contributed by atoms with E-state index >= 15 is 0 Å². The number of thiazole rings is 1. The molecule has 5 rings (SSSR count). The van der Waals surface area contributed by atoms with Gasteiger partial charge in [0.25, 0.3) is 0 Å². The van der Waals surface area contributed by atoms with Crippen LogP contribution in [0.25, 0.3) is 20.8 Å². The summed E-state index contributed by atoms with van der Waals surface area (Å²) in [5.41, 5.74) is 6.40. The van der Waals surface area contributed by atoms with Crippen LogP contribution in [0.15, 0.2) is 46.1 Å². The highest BCUT2D eigenvalue weighted by atomic mass is 32.1. The van der Waals surface area contributed by atoms with Gasteiger partial charge in [0.2, 0.25) is 0 Å². The summed E-state index contributed by atoms with van der Waals surface area (Å²) in [5.74, 6) is 1.18. The molecule has 2 atom stereocenters. The fourth-order valence-electron chi connectivity index (χ4n) is 4.93. The maximum Gasteiger partial charge on any atom is 0.131 e. The van der Waals surface area contributed by atoms with Gasteiger partial charge in [-0.1, -0.05) is 18.6 Å². The minimum absolute atomic E-state index is 0.182. The van der Waals surface area contributed by atoms with Crippen molar-refractivity contribution in [3.63, 3.8) is 0 Å². The number of hydrogen-bond acceptors (Lipinski definition) is 8. The zero-order valence-electron chi connectivity index (χ0n) is 21.0. The lowest BCUT2D eigenvalue weighted by molar-refractivity contribution is 0.252. The van der Waals surface area contributed by atoms with Crippen LogP contribution >= 0.6 is 11.3 Å². The number of phenolic OH excluding ortho intramolecular Hbond substituents is 1. The fraction of sp³-hybridized carbons (Fsp3) is 0.407. The van der Waals surface area contributed by atoms with Crippen molar-refractivity contribution in [1.29, 1.82) is 0 Å². The molecule has 2 aliphatic heterocycles. The van der Waals surface area contributed by atoms with Crippen LogP contribution < -0.4 is 5.32 Å². The van der Waals surface area contributed by atoms with Gasteiger partial charge < -0.3 is 15.3 Å². The molecule has 1 fully saturated rings. The Balaban J connectivity index is 1.48. The van der Waals surface area contributed by atoms with Crippen molar-refractivity contribution in [3.8, 4) is 16.3 Å². The minimum Gasteiger partial charge on any atom is -0.507 e. The maximum absolute atomic E-state index is 11.0. The standard InChI is InChI=1S/C27H32N6OS/c1-6-19-10-22(31-32-25(11-19)33-13-16(3)28-17(4)14-33)21-8-7-20(12-24(21)34)27-30-23-9-15(2)29-18(5)26(23)35-27/h7-10,12,16-17,28,34H,6,11,13-14H2,1-5H3/t16-,17+. The SMILES string of the molecule is CCC1=CC(c2ccc(-c3nc4cc(C)nc(C)c4s3)cc2O)=NN=C(N2C[C@@H](C)N[C@@H](C)C2)C1. The molecule has 35 heavy (non-hydrogen) atoms. The topological polar surface area (TPSA) is 86.0 Å². The van der Waals surface area contributed by atoms with E-state index in [0.29, 0.717) is 23.4 Å². The molecule has 3 aromatic rings. The third kappa shape index (κ3) is 4.86. The summed E-state index contributed by atoms with van der Waals surface area (Å²) in [6.07, 6.45) is 3.77. The van der Waals surface area contributed by atoms with Gasteiger partial charge in [0.05, 0.1) is 21.6 Å². The number of nitrogens with zero attached hydrogens (tertiary/aromatic N) is 5. The van der Waals surface area contributed by atoms with E-state index in [0.717, 1.165) is 63.9 Å². The lowest BCUT2D eigenvalue weighted by Gasteiger charge is -2.37. The van der Waals surface area contributed by atoms with Gasteiger partial charge >= 0.3 is 0 Å². The van der Waals surface area contributed by atoms with Crippen LogP contribution in [-0.2, 0) is 0 Å². The Bertz CT molecular complexity index is 1360. The number of allylic oxidation sites excluding steroid dienone is 1. The Morgan fingerprint density at radius 1 is 1.09 bits per heavy atom. The summed E-state index contributed by atoms with van der Waals surface area (Å²) in [5, 5.41) is 24.7. The third-order valence-electron chi connectivity index (χ3n) is 6.57. The highest BCUT2D eigenvalue weighted by Crippen LogP contribution is 2.35. The highest BCUT2D eigenvalue weighted by molar-refractivity contribution is 7.21. The van der Waals surface area contributed by atoms with Gasteiger partial charge in [0.15, 0.2) is 0 Å². The van der Waals surface area contributed by atoms with Crippen molar-refractivity contribution in [2.24, 2.45) is 10.2 Å². The molecule has 0 aliphatic carbocycles. The van der Waals surface area contributed by atoms with E-state index in [2.05, 4.69) is 52.3 Å². The molecule has 1 saturated heterocycles. The zero-order chi connectivity index (χ0) is 24.7. The van der Waals surface area contributed by atoms with Crippen LogP contribution in [0.4, 0.5) is 0 Å². The van der Waals surface area contributed by atoms with Crippen LogP contribution in [0.2, 0.25) is 0 Å². The van der Waals surface area contributed by atoms with Gasteiger partial charge in [0.1, 0.15) is 16.6 Å². The van der Waals surface area contributed by atoms with E-state index < -0.39 is 0 Å². The molecule has 8 heteroatoms. The van der Waals surface area contributed by atoms with E-state index in [9.17, 15) is 5.11 Å². The molecule has 0 amide bonds. The number of amidine groups is 1. The second kappa shape index (κ2) is 9.51. The van der Waals surface area contributed by atoms with Crippen molar-refractivity contribution < 1.29 is 5.11 Å². The number of aromatic hydroxyl groups is 1. The second-order valence-electron chi connectivity index (χ2n) is 9.66. The first-order valence-corrected chi connectivity index (χ1v) is 13.1. The highest BCUT2D eigenvalue weighted by Gasteiger charge is 2.25. The van der Waals surface area contributed by atoms with Crippen molar-refractivity contribution in [1.82, 2.24) is 20.2 Å². The molecular weight excluding hydrogens is 456 g/mol. The second-order valence-corrected chi connectivity index (χ2v) is 10.7. The van der Waals surface area contributed by atoms with Gasteiger partial charge in [-0.15, -0.1) is 21.5 Å². The largest absolute Gasteiger partial charge is 0.507 e. The normalized spacial score (nSPS) is 20.9. The van der Waals surface area contributed by atoms with E-state index in [1.54, 1.807) is 17.4 Å². The molecule has 0 spiro atoms. The number of aromatic nitrogens is 2. The monoisotopic (exact) mass is 488 g/mol. The first-order valence-electron chi connectivity index (χ1n) is 12.2. The van der Waals surface area contributed by atoms with Crippen LogP contribution in [-0.4, -0.2) is 56.7 Å². The van der Waals surface area contributed by atoms with Crippen molar-refractivity contribution in [2.45, 2.75) is 59.5 Å². The first-order chi connectivity index (χ1) is 16.8. The predicted molar refractivity (Wildman–Crippen MR) is 145 cm³/mol. The fourth-order valence-corrected chi connectivity index (χ4v) is 5.92. The Labute approximate surface area is 210 Å². The summed E-state index contributed by atoms with van der Waals surface area (Å²) in [6, 6.07) is 8.52. The average Bonchev–Trinajstić information content (AvgIpc) is 3.11. The molecule has 1 aromatic carbocycles. The van der Waals surface area contributed by atoms with Gasteiger partial charge in [0, 0.05) is 48.4 Å². The number of fused-ring (bicyclic) bond motifs is 1. The minimum atomic E-state index is 0.182. The number of hydrogen-bond donors (Lipinski definition) is 2. The van der Waals surface area contributed by atoms with Gasteiger partial charge in [-0.05, 0) is 58.4 Å². The molecule has 0 unspecified atom stereocenters. The summed E-state index contributed by atoms with van der Waals surface area (Å²) in [6.45, 7) is 12.4. The van der Waals surface area contributed by atoms with Crippen molar-refractivity contribution in [3.05, 3.63) is 52.9 Å². The van der Waals surface area contributed by atoms with Crippen LogP contribution in [0.5, 0.6) is 5.75 Å². The molecule has 7 nitrogen and oxygen atoms in total. The van der Waals surface area contributed by atoms with E-state index in [-0.39, 0.29) is 5.75 Å². The van der Waals surface area contributed by atoms with Crippen molar-refractivity contribution >= 4 is 33.1 Å². The predicted octanol–water partition coefficient (Wildman–Crippen LogP) is 5.21. The summed E-state index contributed by atoms with van der Waals surface area (Å²) < 4.78 is 1.08. The Kier molecular flexibility index (Phi) is 6.42.